The fourth-order valence-corrected chi connectivity index (χ4v) is 2.78. The van der Waals surface area contributed by atoms with E-state index < -0.39 is 13.9 Å². The number of hydrogen-bond donors (Lipinski definition) is 1. The second-order valence-electron chi connectivity index (χ2n) is 3.41. The zero-order chi connectivity index (χ0) is 12.7. The summed E-state index contributed by atoms with van der Waals surface area (Å²) in [6.45, 7) is 3.05. The highest BCUT2D eigenvalue weighted by atomic mass is 35.6. The van der Waals surface area contributed by atoms with E-state index in [9.17, 15) is 8.42 Å². The van der Waals surface area contributed by atoms with Crippen molar-refractivity contribution in [1.82, 2.24) is 0 Å². The number of halogens is 3. The fourth-order valence-electron chi connectivity index (χ4n) is 1.52. The highest BCUT2D eigenvalue weighted by Gasteiger charge is 2.26. The third-order valence-electron chi connectivity index (χ3n) is 2.05. The van der Waals surface area contributed by atoms with Gasteiger partial charge in [0.25, 0.3) is 10.1 Å². The highest BCUT2D eigenvalue weighted by molar-refractivity contribution is 7.86. The molecule has 90 valence electrons. The first-order chi connectivity index (χ1) is 7.03. The second-order valence-corrected chi connectivity index (χ2v) is 7.05. The van der Waals surface area contributed by atoms with Gasteiger partial charge in [0.05, 0.1) is 4.90 Å². The Morgan fingerprint density at radius 1 is 1.12 bits per heavy atom. The number of rotatable bonds is 1. The van der Waals surface area contributed by atoms with Crippen LogP contribution in [0, 0.1) is 13.8 Å². The van der Waals surface area contributed by atoms with Gasteiger partial charge in [-0.2, -0.15) is 8.42 Å². The largest absolute Gasteiger partial charge is 0.295 e. The Balaban J connectivity index is 3.53. The van der Waals surface area contributed by atoms with Crippen LogP contribution >= 0.6 is 34.8 Å². The quantitative estimate of drug-likeness (QED) is 0.639. The van der Waals surface area contributed by atoms with E-state index in [2.05, 4.69) is 0 Å². The molecule has 1 N–H and O–H groups in total. The molecule has 0 aliphatic heterocycles. The van der Waals surface area contributed by atoms with Crippen LogP contribution in [-0.2, 0) is 13.9 Å². The van der Waals surface area contributed by atoms with Gasteiger partial charge in [-0.3, -0.25) is 4.55 Å². The number of alkyl halides is 3. The van der Waals surface area contributed by atoms with Crippen LogP contribution in [0.3, 0.4) is 0 Å². The first kappa shape index (κ1) is 14.1. The van der Waals surface area contributed by atoms with E-state index in [0.29, 0.717) is 16.7 Å². The molecule has 0 saturated heterocycles. The van der Waals surface area contributed by atoms with Crippen molar-refractivity contribution in [2.45, 2.75) is 22.5 Å². The predicted octanol–water partition coefficient (Wildman–Crippen LogP) is 3.38. The van der Waals surface area contributed by atoms with Crippen LogP contribution in [0.1, 0.15) is 16.7 Å². The van der Waals surface area contributed by atoms with Crippen LogP contribution in [0.2, 0.25) is 0 Å². The number of benzene rings is 1. The van der Waals surface area contributed by atoms with E-state index in [0.717, 1.165) is 0 Å². The van der Waals surface area contributed by atoms with E-state index >= 15 is 0 Å². The molecule has 0 amide bonds. The van der Waals surface area contributed by atoms with Crippen molar-refractivity contribution in [1.29, 1.82) is 0 Å². The Hall–Kier alpha value is -0.000000000000000132. The molecular weight excluding hydrogens is 295 g/mol. The van der Waals surface area contributed by atoms with Crippen LogP contribution in [0.4, 0.5) is 0 Å². The lowest BCUT2D eigenvalue weighted by atomic mass is 10.1. The van der Waals surface area contributed by atoms with Crippen molar-refractivity contribution >= 4 is 44.9 Å². The van der Waals surface area contributed by atoms with Gasteiger partial charge in [-0.05, 0) is 25.0 Å². The molecule has 16 heavy (non-hydrogen) atoms. The lowest BCUT2D eigenvalue weighted by molar-refractivity contribution is 0.482. The van der Waals surface area contributed by atoms with Crippen LogP contribution in [-0.4, -0.2) is 13.0 Å². The molecule has 0 atom stereocenters. The van der Waals surface area contributed by atoms with Crippen molar-refractivity contribution < 1.29 is 13.0 Å². The second kappa shape index (κ2) is 4.35. The summed E-state index contributed by atoms with van der Waals surface area (Å²) in [4.78, 5) is -0.148. The zero-order valence-corrected chi connectivity index (χ0v) is 11.5. The normalized spacial score (nSPS) is 12.9. The maximum Gasteiger partial charge on any atom is 0.295 e. The molecule has 0 spiro atoms. The summed E-state index contributed by atoms with van der Waals surface area (Å²) in [5, 5.41) is 0. The minimum atomic E-state index is -4.26. The zero-order valence-electron chi connectivity index (χ0n) is 8.46. The lowest BCUT2D eigenvalue weighted by Crippen LogP contribution is -2.08. The van der Waals surface area contributed by atoms with Gasteiger partial charge in [0.2, 0.25) is 3.79 Å². The molecule has 0 unspecified atom stereocenters. The van der Waals surface area contributed by atoms with Gasteiger partial charge in [-0.25, -0.2) is 0 Å². The SMILES string of the molecule is Cc1cc(C(Cl)(Cl)Cl)cc(C)c1S(=O)(=O)O. The van der Waals surface area contributed by atoms with Crippen molar-refractivity contribution in [3.8, 4) is 0 Å². The number of hydrogen-bond acceptors (Lipinski definition) is 2. The molecule has 0 aliphatic carbocycles. The third-order valence-corrected chi connectivity index (χ3v) is 3.86. The minimum absolute atomic E-state index is 0.148. The average molecular weight is 304 g/mol. The van der Waals surface area contributed by atoms with Gasteiger partial charge in [-0.1, -0.05) is 46.9 Å². The van der Waals surface area contributed by atoms with E-state index in [1.54, 1.807) is 0 Å². The van der Waals surface area contributed by atoms with Crippen LogP contribution in [0.5, 0.6) is 0 Å². The molecular formula is C9H9Cl3O3S. The molecule has 0 heterocycles. The maximum atomic E-state index is 11.1. The fraction of sp³-hybridized carbons (Fsp3) is 0.333. The maximum absolute atomic E-state index is 11.1. The third kappa shape index (κ3) is 3.02. The Labute approximate surface area is 109 Å². The molecule has 3 nitrogen and oxygen atoms in total. The smallest absolute Gasteiger partial charge is 0.282 e. The first-order valence-corrected chi connectivity index (χ1v) is 6.77. The first-order valence-electron chi connectivity index (χ1n) is 4.19. The standard InChI is InChI=1S/C9H9Cl3O3S/c1-5-3-7(9(10,11)12)4-6(2)8(5)16(13,14)15/h3-4H,1-2H3,(H,13,14,15). The molecule has 0 fully saturated rings. The summed E-state index contributed by atoms with van der Waals surface area (Å²) in [6, 6.07) is 2.84. The van der Waals surface area contributed by atoms with Gasteiger partial charge < -0.3 is 0 Å². The monoisotopic (exact) mass is 302 g/mol. The van der Waals surface area contributed by atoms with E-state index in [4.69, 9.17) is 39.4 Å². The molecule has 0 radical (unpaired) electrons. The Kier molecular flexibility index (Phi) is 3.82. The van der Waals surface area contributed by atoms with Crippen LogP contribution in [0.25, 0.3) is 0 Å². The summed E-state index contributed by atoms with van der Waals surface area (Å²) in [7, 11) is -4.26. The van der Waals surface area contributed by atoms with Crippen molar-refractivity contribution in [2.75, 3.05) is 0 Å². The average Bonchev–Trinajstić information content (AvgIpc) is 1.97. The van der Waals surface area contributed by atoms with E-state index in [1.165, 1.54) is 26.0 Å². The Bertz CT molecular complexity index is 494. The highest BCUT2D eigenvalue weighted by Crippen LogP contribution is 2.40. The molecule has 0 aromatic heterocycles. The Morgan fingerprint density at radius 2 is 1.50 bits per heavy atom. The van der Waals surface area contributed by atoms with Crippen LogP contribution < -0.4 is 0 Å². The minimum Gasteiger partial charge on any atom is -0.282 e. The van der Waals surface area contributed by atoms with E-state index in [-0.39, 0.29) is 4.90 Å². The summed E-state index contributed by atoms with van der Waals surface area (Å²) in [5.74, 6) is 0. The van der Waals surface area contributed by atoms with Gasteiger partial charge in [-0.15, -0.1) is 0 Å². The molecule has 0 bridgehead atoms. The van der Waals surface area contributed by atoms with Crippen LogP contribution in [0.15, 0.2) is 17.0 Å². The van der Waals surface area contributed by atoms with Crippen molar-refractivity contribution in [3.63, 3.8) is 0 Å². The topological polar surface area (TPSA) is 54.4 Å². The molecule has 1 aromatic rings. The van der Waals surface area contributed by atoms with Gasteiger partial charge >= 0.3 is 0 Å². The summed E-state index contributed by atoms with van der Waals surface area (Å²) in [5.41, 5.74) is 1.03. The van der Waals surface area contributed by atoms with Crippen molar-refractivity contribution in [2.24, 2.45) is 0 Å². The van der Waals surface area contributed by atoms with Gasteiger partial charge in [0.1, 0.15) is 0 Å². The summed E-state index contributed by atoms with van der Waals surface area (Å²) in [6.07, 6.45) is 0. The number of aryl methyl sites for hydroxylation is 2. The molecule has 1 aromatic carbocycles. The van der Waals surface area contributed by atoms with Gasteiger partial charge in [0.15, 0.2) is 0 Å². The Morgan fingerprint density at radius 3 is 1.75 bits per heavy atom. The summed E-state index contributed by atoms with van der Waals surface area (Å²) < 4.78 is 29.6. The van der Waals surface area contributed by atoms with Gasteiger partial charge in [0, 0.05) is 5.56 Å². The predicted molar refractivity (Wildman–Crippen MR) is 65.0 cm³/mol. The van der Waals surface area contributed by atoms with Crippen molar-refractivity contribution in [3.05, 3.63) is 28.8 Å². The molecule has 0 aliphatic rings. The summed E-state index contributed by atoms with van der Waals surface area (Å²) >= 11 is 17.1. The lowest BCUT2D eigenvalue weighted by Gasteiger charge is -2.15. The molecule has 1 rings (SSSR count). The molecule has 0 saturated carbocycles. The molecule has 7 heteroatoms. The van der Waals surface area contributed by atoms with E-state index in [1.807, 2.05) is 0 Å².